The molecule has 8 atom stereocenters. The SMILES string of the molecule is C[C@H]1C=C[C@H]2CCCC[C@H]2[C@@H]1C(=O)c1c(O)c([C@@]2(O)CC[C@@H](O)[C@H]3O[C@H]32)cn(O)c1=O. The lowest BCUT2D eigenvalue weighted by molar-refractivity contribution is -0.0246. The molecule has 168 valence electrons. The Bertz CT molecular complexity index is 1000. The molecule has 4 N–H and O–H groups in total. The van der Waals surface area contributed by atoms with Crippen LogP contribution in [0.25, 0.3) is 0 Å². The van der Waals surface area contributed by atoms with Crippen LogP contribution >= 0.6 is 0 Å². The summed E-state index contributed by atoms with van der Waals surface area (Å²) >= 11 is 0. The number of ether oxygens (including phenoxy) is 1. The molecule has 0 aromatic carbocycles. The summed E-state index contributed by atoms with van der Waals surface area (Å²) in [6.07, 6.45) is 7.39. The molecule has 1 saturated heterocycles. The predicted molar refractivity (Wildman–Crippen MR) is 109 cm³/mol. The predicted octanol–water partition coefficient (Wildman–Crippen LogP) is 1.71. The molecule has 2 heterocycles. The van der Waals surface area contributed by atoms with Crippen molar-refractivity contribution in [3.05, 3.63) is 39.8 Å². The number of fused-ring (bicyclic) bond motifs is 2. The zero-order valence-corrected chi connectivity index (χ0v) is 17.5. The van der Waals surface area contributed by atoms with Gasteiger partial charge in [-0.2, -0.15) is 4.73 Å². The van der Waals surface area contributed by atoms with Crippen LogP contribution in [0.2, 0.25) is 0 Å². The van der Waals surface area contributed by atoms with Gasteiger partial charge in [-0.15, -0.1) is 0 Å². The third kappa shape index (κ3) is 3.07. The summed E-state index contributed by atoms with van der Waals surface area (Å²) < 4.78 is 5.68. The number of hydrogen-bond acceptors (Lipinski definition) is 7. The van der Waals surface area contributed by atoms with Crippen LogP contribution in [0.4, 0.5) is 0 Å². The van der Waals surface area contributed by atoms with Crippen molar-refractivity contribution in [2.45, 2.75) is 69.4 Å². The average Bonchev–Trinajstić information content (AvgIpc) is 3.56. The molecule has 8 nitrogen and oxygen atoms in total. The van der Waals surface area contributed by atoms with Gasteiger partial charge >= 0.3 is 0 Å². The second kappa shape index (κ2) is 7.18. The Balaban J connectivity index is 1.58. The minimum absolute atomic E-state index is 0.0714. The molecular weight excluding hydrogens is 402 g/mol. The van der Waals surface area contributed by atoms with E-state index >= 15 is 0 Å². The number of aliphatic hydroxyl groups is 2. The Kier molecular flexibility index (Phi) is 4.80. The fourth-order valence-corrected chi connectivity index (χ4v) is 6.20. The summed E-state index contributed by atoms with van der Waals surface area (Å²) in [5, 5.41) is 42.6. The molecule has 1 aromatic heterocycles. The van der Waals surface area contributed by atoms with E-state index in [1.807, 2.05) is 13.0 Å². The summed E-state index contributed by atoms with van der Waals surface area (Å²) in [5.41, 5.74) is -3.29. The number of rotatable bonds is 3. The number of epoxide rings is 1. The standard InChI is InChI=1S/C23H29NO7/c1-11-6-7-12-4-2-3-5-13(12)16(11)19(27)17-18(26)14(10-24(30)22(17)28)23(29)9-8-15(25)20-21(23)31-20/h6-7,10-13,15-16,20-21,25-26,29-30H,2-5,8-9H2,1H3/t11-,12+,13+,15+,16+,20+,21+,23-/m0/s1. The number of carbonyl (C=O) groups is 1. The van der Waals surface area contributed by atoms with Crippen molar-refractivity contribution in [2.24, 2.45) is 23.7 Å². The second-order valence-electron chi connectivity index (χ2n) is 9.71. The average molecular weight is 431 g/mol. The highest BCUT2D eigenvalue weighted by Crippen LogP contribution is 2.51. The monoisotopic (exact) mass is 431 g/mol. The van der Waals surface area contributed by atoms with Gasteiger partial charge in [-0.1, -0.05) is 31.9 Å². The molecule has 0 amide bonds. The van der Waals surface area contributed by atoms with Crippen molar-refractivity contribution in [3.8, 4) is 5.75 Å². The highest BCUT2D eigenvalue weighted by atomic mass is 16.6. The Labute approximate surface area is 179 Å². The minimum Gasteiger partial charge on any atom is -0.507 e. The van der Waals surface area contributed by atoms with Gasteiger partial charge in [0.2, 0.25) is 0 Å². The van der Waals surface area contributed by atoms with Gasteiger partial charge in [-0.3, -0.25) is 9.59 Å². The van der Waals surface area contributed by atoms with Gasteiger partial charge < -0.3 is 25.3 Å². The lowest BCUT2D eigenvalue weighted by Gasteiger charge is -2.40. The molecule has 0 bridgehead atoms. The van der Waals surface area contributed by atoms with Crippen LogP contribution in [0.1, 0.15) is 61.4 Å². The summed E-state index contributed by atoms with van der Waals surface area (Å²) in [7, 11) is 0. The molecule has 3 fully saturated rings. The van der Waals surface area contributed by atoms with Crippen molar-refractivity contribution in [1.82, 2.24) is 4.73 Å². The first-order chi connectivity index (χ1) is 14.7. The van der Waals surface area contributed by atoms with Gasteiger partial charge in [-0.05, 0) is 43.4 Å². The highest BCUT2D eigenvalue weighted by Gasteiger charge is 2.62. The molecule has 3 aliphatic carbocycles. The molecule has 0 radical (unpaired) electrons. The smallest absolute Gasteiger partial charge is 0.297 e. The molecule has 0 spiro atoms. The Morgan fingerprint density at radius 3 is 2.74 bits per heavy atom. The van der Waals surface area contributed by atoms with Crippen molar-refractivity contribution in [2.75, 3.05) is 0 Å². The lowest BCUT2D eigenvalue weighted by atomic mass is 9.63. The lowest BCUT2D eigenvalue weighted by Crippen LogP contribution is -2.43. The zero-order valence-electron chi connectivity index (χ0n) is 17.5. The largest absolute Gasteiger partial charge is 0.507 e. The number of allylic oxidation sites excluding steroid dienone is 2. The van der Waals surface area contributed by atoms with E-state index in [0.717, 1.165) is 31.9 Å². The first kappa shape index (κ1) is 20.7. The fourth-order valence-electron chi connectivity index (χ4n) is 6.20. The second-order valence-corrected chi connectivity index (χ2v) is 9.71. The molecule has 5 rings (SSSR count). The molecule has 1 aliphatic heterocycles. The van der Waals surface area contributed by atoms with Gasteiger partial charge in [-0.25, -0.2) is 0 Å². The van der Waals surface area contributed by atoms with E-state index in [1.165, 1.54) is 0 Å². The van der Waals surface area contributed by atoms with E-state index in [-0.39, 0.29) is 40.9 Å². The quantitative estimate of drug-likeness (QED) is 0.248. The number of pyridine rings is 1. The van der Waals surface area contributed by atoms with Gasteiger partial charge in [0.1, 0.15) is 29.1 Å². The van der Waals surface area contributed by atoms with Crippen molar-refractivity contribution in [1.29, 1.82) is 0 Å². The van der Waals surface area contributed by atoms with Crippen LogP contribution in [0.3, 0.4) is 0 Å². The molecule has 4 aliphatic rings. The number of aliphatic hydroxyl groups excluding tert-OH is 1. The minimum atomic E-state index is -1.70. The third-order valence-corrected chi connectivity index (χ3v) is 7.94. The number of nitrogens with zero attached hydrogens (tertiary/aromatic N) is 1. The van der Waals surface area contributed by atoms with Crippen LogP contribution in [0.15, 0.2) is 23.1 Å². The third-order valence-electron chi connectivity index (χ3n) is 7.94. The number of aromatic nitrogens is 1. The first-order valence-corrected chi connectivity index (χ1v) is 11.2. The highest BCUT2D eigenvalue weighted by molar-refractivity contribution is 6.01. The molecular formula is C23H29NO7. The maximum atomic E-state index is 13.7. The van der Waals surface area contributed by atoms with Crippen LogP contribution < -0.4 is 5.56 Å². The molecule has 0 unspecified atom stereocenters. The van der Waals surface area contributed by atoms with Gasteiger partial charge in [0.05, 0.1) is 12.3 Å². The van der Waals surface area contributed by atoms with Gasteiger partial charge in [0, 0.05) is 11.5 Å². The number of ketones is 1. The van der Waals surface area contributed by atoms with E-state index in [2.05, 4.69) is 6.08 Å². The molecule has 2 saturated carbocycles. The number of carbonyl (C=O) groups excluding carboxylic acids is 1. The maximum absolute atomic E-state index is 13.7. The summed E-state index contributed by atoms with van der Waals surface area (Å²) in [6.45, 7) is 1.93. The summed E-state index contributed by atoms with van der Waals surface area (Å²) in [4.78, 5) is 26.5. The number of Topliss-reactive ketones (excluding diaryl/α,β-unsaturated/α-hetero) is 1. The van der Waals surface area contributed by atoms with Crippen LogP contribution in [0.5, 0.6) is 5.75 Å². The van der Waals surface area contributed by atoms with E-state index in [0.29, 0.717) is 0 Å². The van der Waals surface area contributed by atoms with E-state index in [1.54, 1.807) is 0 Å². The van der Waals surface area contributed by atoms with Crippen LogP contribution in [0, 0.1) is 23.7 Å². The molecule has 8 heteroatoms. The maximum Gasteiger partial charge on any atom is 0.297 e. The van der Waals surface area contributed by atoms with E-state index in [4.69, 9.17) is 4.74 Å². The molecule has 31 heavy (non-hydrogen) atoms. The van der Waals surface area contributed by atoms with E-state index in [9.17, 15) is 30.1 Å². The van der Waals surface area contributed by atoms with Gasteiger partial charge in [0.25, 0.3) is 5.56 Å². The Morgan fingerprint density at radius 1 is 1.23 bits per heavy atom. The van der Waals surface area contributed by atoms with Crippen molar-refractivity contribution < 1.29 is 30.1 Å². The van der Waals surface area contributed by atoms with Crippen LogP contribution in [-0.2, 0) is 10.3 Å². The fraction of sp³-hybridized carbons (Fsp3) is 0.652. The zero-order chi connectivity index (χ0) is 22.1. The van der Waals surface area contributed by atoms with Crippen molar-refractivity contribution >= 4 is 5.78 Å². The topological polar surface area (TPSA) is 133 Å². The number of hydrogen-bond donors (Lipinski definition) is 4. The summed E-state index contributed by atoms with van der Waals surface area (Å²) in [5.74, 6) is -1.32. The van der Waals surface area contributed by atoms with Crippen molar-refractivity contribution in [3.63, 3.8) is 0 Å². The molecule has 1 aromatic rings. The first-order valence-electron chi connectivity index (χ1n) is 11.2. The Morgan fingerprint density at radius 2 is 1.97 bits per heavy atom. The normalized spacial score (nSPS) is 41.3. The number of aromatic hydroxyl groups is 1. The van der Waals surface area contributed by atoms with Gasteiger partial charge in [0.15, 0.2) is 5.78 Å². The summed E-state index contributed by atoms with van der Waals surface area (Å²) in [6, 6.07) is 0. The van der Waals surface area contributed by atoms with Crippen LogP contribution in [-0.4, -0.2) is 49.4 Å². The Hall–Kier alpha value is -2.16. The van der Waals surface area contributed by atoms with E-state index < -0.39 is 52.5 Å².